The van der Waals surface area contributed by atoms with Crippen molar-refractivity contribution in [3.63, 3.8) is 0 Å². The molecule has 0 amide bonds. The molecular weight excluding hydrogens is 463 g/mol. The van der Waals surface area contributed by atoms with Gasteiger partial charge in [0.15, 0.2) is 5.60 Å². The maximum Gasteiger partial charge on any atom is 0.388 e. The van der Waals surface area contributed by atoms with Crippen molar-refractivity contribution < 1.29 is 27.8 Å². The average Bonchev–Trinajstić information content (AvgIpc) is 2.73. The van der Waals surface area contributed by atoms with Crippen LogP contribution in [-0.4, -0.2) is 30.3 Å². The second-order valence-electron chi connectivity index (χ2n) is 7.58. The highest BCUT2D eigenvalue weighted by atomic mass is 35.5. The molecule has 0 aliphatic heterocycles. The molecular formula is C23H21Cl2F2NO4. The van der Waals surface area contributed by atoms with Crippen LogP contribution in [0.5, 0.6) is 11.6 Å². The van der Waals surface area contributed by atoms with E-state index in [9.17, 15) is 13.6 Å². The van der Waals surface area contributed by atoms with Gasteiger partial charge in [-0.3, -0.25) is 0 Å². The van der Waals surface area contributed by atoms with Crippen molar-refractivity contribution >= 4 is 40.1 Å². The van der Waals surface area contributed by atoms with Crippen LogP contribution in [0.1, 0.15) is 30.5 Å². The Kier molecular flexibility index (Phi) is 7.10. The number of aromatic nitrogens is 1. The Morgan fingerprint density at radius 1 is 1.12 bits per heavy atom. The topological polar surface area (TPSA) is 57.7 Å². The van der Waals surface area contributed by atoms with E-state index in [0.717, 1.165) is 5.56 Å². The molecule has 0 spiro atoms. The van der Waals surface area contributed by atoms with Crippen molar-refractivity contribution in [3.05, 3.63) is 63.1 Å². The molecule has 2 aromatic carbocycles. The quantitative estimate of drug-likeness (QED) is 0.365. The number of alkyl halides is 2. The molecule has 9 heteroatoms. The smallest absolute Gasteiger partial charge is 0.388 e. The number of hydrogen-bond acceptors (Lipinski definition) is 5. The summed E-state index contributed by atoms with van der Waals surface area (Å²) in [6, 6.07) is 10.1. The summed E-state index contributed by atoms with van der Waals surface area (Å²) in [5.74, 6) is -0.498. The zero-order chi connectivity index (χ0) is 23.6. The van der Waals surface area contributed by atoms with Gasteiger partial charge in [-0.05, 0) is 56.2 Å². The Hall–Kier alpha value is -2.64. The highest BCUT2D eigenvalue weighted by Crippen LogP contribution is 2.40. The Balaban J connectivity index is 2.22. The number of esters is 1. The summed E-state index contributed by atoms with van der Waals surface area (Å²) in [5, 5.41) is 1.27. The van der Waals surface area contributed by atoms with E-state index >= 15 is 0 Å². The third-order valence-corrected chi connectivity index (χ3v) is 5.48. The van der Waals surface area contributed by atoms with E-state index in [2.05, 4.69) is 4.98 Å². The lowest BCUT2D eigenvalue weighted by molar-refractivity contribution is -0.155. The molecule has 5 nitrogen and oxygen atoms in total. The van der Waals surface area contributed by atoms with Crippen molar-refractivity contribution in [3.8, 4) is 11.6 Å². The van der Waals surface area contributed by atoms with E-state index in [4.69, 9.17) is 37.4 Å². The van der Waals surface area contributed by atoms with E-state index in [-0.39, 0.29) is 22.8 Å². The Morgan fingerprint density at radius 3 is 2.38 bits per heavy atom. The number of methoxy groups -OCH3 is 1. The van der Waals surface area contributed by atoms with Crippen LogP contribution in [0.2, 0.25) is 10.0 Å². The minimum Gasteiger partial charge on any atom is -0.475 e. The molecule has 0 fully saturated rings. The predicted octanol–water partition coefficient (Wildman–Crippen LogP) is 6.37. The zero-order valence-electron chi connectivity index (χ0n) is 17.8. The SMILES string of the molecule is COC(=O)C(C)(C)Oc1ccc(Cl)c2nc(OC(F)F)c(Cc3ccc(Cl)cc3)c(C)c12. The van der Waals surface area contributed by atoms with Crippen LogP contribution in [0.4, 0.5) is 8.78 Å². The van der Waals surface area contributed by atoms with Gasteiger partial charge in [0, 0.05) is 22.4 Å². The van der Waals surface area contributed by atoms with Gasteiger partial charge in [-0.1, -0.05) is 35.3 Å². The summed E-state index contributed by atoms with van der Waals surface area (Å²) in [5.41, 5.74) is 0.744. The van der Waals surface area contributed by atoms with Gasteiger partial charge >= 0.3 is 12.6 Å². The molecule has 0 unspecified atom stereocenters. The van der Waals surface area contributed by atoms with Gasteiger partial charge in [0.2, 0.25) is 5.88 Å². The molecule has 0 N–H and O–H groups in total. The zero-order valence-corrected chi connectivity index (χ0v) is 19.4. The Morgan fingerprint density at radius 2 is 1.78 bits per heavy atom. The number of nitrogens with zero attached hydrogens (tertiary/aromatic N) is 1. The van der Waals surface area contributed by atoms with Gasteiger partial charge in [0.25, 0.3) is 0 Å². The molecule has 1 aromatic heterocycles. The standard InChI is InChI=1S/C23H21Cl2F2NO4/c1-12-15(11-13-5-7-14(24)8-6-13)20(31-22(26)27)28-19-16(25)9-10-17(18(12)19)32-23(2,3)21(29)30-4/h5-10,22H,11H2,1-4H3. The molecule has 3 rings (SSSR count). The number of hydrogen-bond donors (Lipinski definition) is 0. The van der Waals surface area contributed by atoms with Crippen molar-refractivity contribution in [1.82, 2.24) is 4.98 Å². The molecule has 1 heterocycles. The highest BCUT2D eigenvalue weighted by molar-refractivity contribution is 6.35. The van der Waals surface area contributed by atoms with E-state index in [1.807, 2.05) is 0 Å². The molecule has 0 bridgehead atoms. The maximum absolute atomic E-state index is 13.2. The minimum absolute atomic E-state index is 0.220. The summed E-state index contributed by atoms with van der Waals surface area (Å²) in [4.78, 5) is 16.4. The molecule has 0 saturated heterocycles. The third kappa shape index (κ3) is 5.05. The van der Waals surface area contributed by atoms with Crippen molar-refractivity contribution in [2.24, 2.45) is 0 Å². The summed E-state index contributed by atoms with van der Waals surface area (Å²) < 4.78 is 41.8. The van der Waals surface area contributed by atoms with Gasteiger partial charge < -0.3 is 14.2 Å². The first-order valence-corrected chi connectivity index (χ1v) is 10.4. The number of halogens is 4. The van der Waals surface area contributed by atoms with Crippen LogP contribution in [0.3, 0.4) is 0 Å². The average molecular weight is 484 g/mol. The van der Waals surface area contributed by atoms with Crippen LogP contribution in [-0.2, 0) is 16.0 Å². The van der Waals surface area contributed by atoms with Gasteiger partial charge in [-0.2, -0.15) is 8.78 Å². The van der Waals surface area contributed by atoms with Crippen LogP contribution in [0, 0.1) is 6.92 Å². The number of fused-ring (bicyclic) bond motifs is 1. The Bertz CT molecular complexity index is 1150. The molecule has 0 aliphatic carbocycles. The molecule has 170 valence electrons. The first-order chi connectivity index (χ1) is 15.0. The predicted molar refractivity (Wildman–Crippen MR) is 119 cm³/mol. The number of carbonyl (C=O) groups excluding carboxylic acids is 1. The molecule has 32 heavy (non-hydrogen) atoms. The normalized spacial score (nSPS) is 11.7. The van der Waals surface area contributed by atoms with Gasteiger partial charge in [0.05, 0.1) is 17.6 Å². The van der Waals surface area contributed by atoms with Crippen molar-refractivity contribution in [2.75, 3.05) is 7.11 Å². The van der Waals surface area contributed by atoms with E-state index in [0.29, 0.717) is 27.3 Å². The minimum atomic E-state index is -3.07. The molecule has 0 aliphatic rings. The van der Waals surface area contributed by atoms with Crippen molar-refractivity contribution in [1.29, 1.82) is 0 Å². The van der Waals surface area contributed by atoms with Gasteiger partial charge in [-0.15, -0.1) is 0 Å². The highest BCUT2D eigenvalue weighted by Gasteiger charge is 2.32. The lowest BCUT2D eigenvalue weighted by Gasteiger charge is -2.25. The molecule has 3 aromatic rings. The number of aryl methyl sites for hydroxylation is 1. The Labute approximate surface area is 194 Å². The maximum atomic E-state index is 13.2. The first kappa shape index (κ1) is 24.0. The lowest BCUT2D eigenvalue weighted by Crippen LogP contribution is -2.39. The summed E-state index contributed by atoms with van der Waals surface area (Å²) in [7, 11) is 1.26. The second kappa shape index (κ2) is 9.46. The van der Waals surface area contributed by atoms with Crippen molar-refractivity contribution in [2.45, 2.75) is 39.4 Å². The number of ether oxygens (including phenoxy) is 3. The van der Waals surface area contributed by atoms with Crippen LogP contribution < -0.4 is 9.47 Å². The number of pyridine rings is 1. The van der Waals surface area contributed by atoms with Crippen LogP contribution >= 0.6 is 23.2 Å². The summed E-state index contributed by atoms with van der Waals surface area (Å²) in [6.45, 7) is 1.79. The monoisotopic (exact) mass is 483 g/mol. The second-order valence-corrected chi connectivity index (χ2v) is 8.42. The third-order valence-electron chi connectivity index (χ3n) is 4.93. The van der Waals surface area contributed by atoms with E-state index in [1.54, 1.807) is 51.1 Å². The first-order valence-electron chi connectivity index (χ1n) is 9.62. The summed E-state index contributed by atoms with van der Waals surface area (Å²) >= 11 is 12.3. The summed E-state index contributed by atoms with van der Waals surface area (Å²) in [6.07, 6.45) is 0.250. The molecule has 0 radical (unpaired) electrons. The number of benzene rings is 2. The fourth-order valence-corrected chi connectivity index (χ4v) is 3.67. The molecule has 0 saturated carbocycles. The van der Waals surface area contributed by atoms with Crippen LogP contribution in [0.15, 0.2) is 36.4 Å². The molecule has 0 atom stereocenters. The number of rotatable bonds is 7. The van der Waals surface area contributed by atoms with Crippen LogP contribution in [0.25, 0.3) is 10.9 Å². The largest absolute Gasteiger partial charge is 0.475 e. The lowest BCUT2D eigenvalue weighted by atomic mass is 9.97. The van der Waals surface area contributed by atoms with E-state index in [1.165, 1.54) is 13.2 Å². The fraction of sp³-hybridized carbons (Fsp3) is 0.304. The van der Waals surface area contributed by atoms with E-state index < -0.39 is 18.2 Å². The van der Waals surface area contributed by atoms with Gasteiger partial charge in [0.1, 0.15) is 5.75 Å². The van der Waals surface area contributed by atoms with Gasteiger partial charge in [-0.25, -0.2) is 9.78 Å². The number of carbonyl (C=O) groups is 1. The fourth-order valence-electron chi connectivity index (χ4n) is 3.34.